The molecule has 1 saturated heterocycles. The summed E-state index contributed by atoms with van der Waals surface area (Å²) in [5.41, 5.74) is 7.12. The molecule has 1 atom stereocenters. The third kappa shape index (κ3) is 2.95. The van der Waals surface area contributed by atoms with E-state index in [1.54, 1.807) is 12.1 Å². The second kappa shape index (κ2) is 5.30. The summed E-state index contributed by atoms with van der Waals surface area (Å²) in [5, 5.41) is 12.7. The highest BCUT2D eigenvalue weighted by molar-refractivity contribution is 5.29. The van der Waals surface area contributed by atoms with Crippen LogP contribution in [-0.4, -0.2) is 42.7 Å². The van der Waals surface area contributed by atoms with Gasteiger partial charge in [-0.1, -0.05) is 12.1 Å². The molecule has 1 aromatic rings. The Morgan fingerprint density at radius 3 is 2.81 bits per heavy atom. The van der Waals surface area contributed by atoms with Gasteiger partial charge in [-0.05, 0) is 17.7 Å². The second-order valence-corrected chi connectivity index (χ2v) is 4.25. The largest absolute Gasteiger partial charge is 0.508 e. The van der Waals surface area contributed by atoms with Crippen LogP contribution in [0.2, 0.25) is 0 Å². The van der Waals surface area contributed by atoms with Crippen LogP contribution >= 0.6 is 0 Å². The van der Waals surface area contributed by atoms with E-state index in [9.17, 15) is 5.11 Å². The van der Waals surface area contributed by atoms with E-state index in [2.05, 4.69) is 10.2 Å². The summed E-state index contributed by atoms with van der Waals surface area (Å²) in [6, 6.07) is 7.19. The van der Waals surface area contributed by atoms with E-state index in [4.69, 9.17) is 5.73 Å². The molecule has 2 rings (SSSR count). The first kappa shape index (κ1) is 11.4. The lowest BCUT2D eigenvalue weighted by atomic mass is 10.1. The van der Waals surface area contributed by atoms with Crippen LogP contribution in [-0.2, 0) is 0 Å². The van der Waals surface area contributed by atoms with Gasteiger partial charge in [0.05, 0.1) is 0 Å². The van der Waals surface area contributed by atoms with Crippen molar-refractivity contribution in [2.75, 3.05) is 32.7 Å². The maximum Gasteiger partial charge on any atom is 0.115 e. The van der Waals surface area contributed by atoms with Gasteiger partial charge in [-0.25, -0.2) is 0 Å². The van der Waals surface area contributed by atoms with Crippen molar-refractivity contribution in [3.05, 3.63) is 29.8 Å². The Hall–Kier alpha value is -1.10. The topological polar surface area (TPSA) is 61.5 Å². The van der Waals surface area contributed by atoms with Gasteiger partial charge in [-0.3, -0.25) is 4.90 Å². The summed E-state index contributed by atoms with van der Waals surface area (Å²) < 4.78 is 0. The molecule has 0 aromatic heterocycles. The van der Waals surface area contributed by atoms with Crippen LogP contribution in [0, 0.1) is 0 Å². The quantitative estimate of drug-likeness (QED) is 0.687. The minimum atomic E-state index is -0.0230. The average Bonchev–Trinajstić information content (AvgIpc) is 2.30. The Morgan fingerprint density at radius 2 is 2.12 bits per heavy atom. The molecule has 0 aliphatic carbocycles. The van der Waals surface area contributed by atoms with E-state index in [-0.39, 0.29) is 11.8 Å². The minimum absolute atomic E-state index is 0.0230. The van der Waals surface area contributed by atoms with Gasteiger partial charge in [0.25, 0.3) is 0 Å². The Bertz CT molecular complexity index is 337. The highest BCUT2D eigenvalue weighted by Crippen LogP contribution is 2.17. The van der Waals surface area contributed by atoms with E-state index in [1.807, 2.05) is 12.1 Å². The molecule has 0 bridgehead atoms. The molecule has 1 fully saturated rings. The molecule has 1 heterocycles. The molecule has 4 nitrogen and oxygen atoms in total. The fraction of sp³-hybridized carbons (Fsp3) is 0.500. The maximum atomic E-state index is 9.39. The normalized spacial score (nSPS) is 19.6. The lowest BCUT2D eigenvalue weighted by Gasteiger charge is -2.29. The Balaban J connectivity index is 1.94. The van der Waals surface area contributed by atoms with Gasteiger partial charge >= 0.3 is 0 Å². The number of hydrogen-bond donors (Lipinski definition) is 3. The number of nitrogens with one attached hydrogen (secondary N) is 1. The number of nitrogens with two attached hydrogens (primary N) is 1. The van der Waals surface area contributed by atoms with Crippen LogP contribution in [0.5, 0.6) is 5.75 Å². The zero-order valence-electron chi connectivity index (χ0n) is 9.39. The molecule has 0 saturated carbocycles. The Kier molecular flexibility index (Phi) is 3.77. The third-order valence-corrected chi connectivity index (χ3v) is 2.96. The van der Waals surface area contributed by atoms with E-state index in [0.29, 0.717) is 0 Å². The molecule has 88 valence electrons. The number of piperazine rings is 1. The number of phenolic OH excluding ortho intramolecular Hbond substituents is 1. The first-order chi connectivity index (χ1) is 7.75. The average molecular weight is 221 g/mol. The lowest BCUT2D eigenvalue weighted by Crippen LogP contribution is -2.45. The summed E-state index contributed by atoms with van der Waals surface area (Å²) >= 11 is 0. The zero-order chi connectivity index (χ0) is 11.4. The van der Waals surface area contributed by atoms with Crippen LogP contribution in [0.25, 0.3) is 0 Å². The zero-order valence-corrected chi connectivity index (χ0v) is 9.39. The molecule has 1 unspecified atom stereocenters. The molecule has 0 radical (unpaired) electrons. The predicted molar refractivity (Wildman–Crippen MR) is 64.3 cm³/mol. The van der Waals surface area contributed by atoms with Gasteiger partial charge in [-0.15, -0.1) is 0 Å². The van der Waals surface area contributed by atoms with Gasteiger partial charge in [0, 0.05) is 38.8 Å². The van der Waals surface area contributed by atoms with E-state index in [0.717, 1.165) is 38.3 Å². The molecule has 4 N–H and O–H groups in total. The summed E-state index contributed by atoms with van der Waals surface area (Å²) in [5.74, 6) is 0.285. The van der Waals surface area contributed by atoms with E-state index < -0.39 is 0 Å². The van der Waals surface area contributed by atoms with Gasteiger partial charge in [-0.2, -0.15) is 0 Å². The van der Waals surface area contributed by atoms with E-state index >= 15 is 0 Å². The molecular formula is C12H19N3O. The lowest BCUT2D eigenvalue weighted by molar-refractivity contribution is 0.228. The van der Waals surface area contributed by atoms with Crippen molar-refractivity contribution in [2.45, 2.75) is 6.04 Å². The van der Waals surface area contributed by atoms with Crippen LogP contribution in [0.4, 0.5) is 0 Å². The van der Waals surface area contributed by atoms with Crippen LogP contribution < -0.4 is 11.1 Å². The van der Waals surface area contributed by atoms with Crippen molar-refractivity contribution in [3.8, 4) is 5.75 Å². The van der Waals surface area contributed by atoms with Gasteiger partial charge in [0.15, 0.2) is 0 Å². The van der Waals surface area contributed by atoms with Gasteiger partial charge < -0.3 is 16.2 Å². The fourth-order valence-corrected chi connectivity index (χ4v) is 2.03. The minimum Gasteiger partial charge on any atom is -0.508 e. The van der Waals surface area contributed by atoms with E-state index in [1.165, 1.54) is 0 Å². The van der Waals surface area contributed by atoms with Crippen molar-refractivity contribution in [2.24, 2.45) is 5.73 Å². The van der Waals surface area contributed by atoms with Crippen LogP contribution in [0.15, 0.2) is 24.3 Å². The second-order valence-electron chi connectivity index (χ2n) is 4.25. The summed E-state index contributed by atoms with van der Waals surface area (Å²) in [4.78, 5) is 2.35. The molecule has 1 aromatic carbocycles. The molecular weight excluding hydrogens is 202 g/mol. The Labute approximate surface area is 96.1 Å². The third-order valence-electron chi connectivity index (χ3n) is 2.96. The fourth-order valence-electron chi connectivity index (χ4n) is 2.03. The predicted octanol–water partition coefficient (Wildman–Crippen LogP) is 0.297. The highest BCUT2D eigenvalue weighted by atomic mass is 16.3. The van der Waals surface area contributed by atoms with Crippen molar-refractivity contribution in [1.29, 1.82) is 0 Å². The van der Waals surface area contributed by atoms with Crippen molar-refractivity contribution in [1.82, 2.24) is 10.2 Å². The van der Waals surface area contributed by atoms with Crippen molar-refractivity contribution < 1.29 is 5.11 Å². The summed E-state index contributed by atoms with van der Waals surface area (Å²) in [6.07, 6.45) is 0. The first-order valence-corrected chi connectivity index (χ1v) is 5.73. The van der Waals surface area contributed by atoms with Crippen LogP contribution in [0.3, 0.4) is 0 Å². The summed E-state index contributed by atoms with van der Waals surface area (Å²) in [7, 11) is 0. The smallest absolute Gasteiger partial charge is 0.115 e. The number of rotatable bonds is 3. The van der Waals surface area contributed by atoms with Crippen molar-refractivity contribution in [3.63, 3.8) is 0 Å². The summed E-state index contributed by atoms with van der Waals surface area (Å²) in [6.45, 7) is 5.02. The molecule has 1 aliphatic rings. The molecule has 4 heteroatoms. The maximum absolute atomic E-state index is 9.39. The monoisotopic (exact) mass is 221 g/mol. The Morgan fingerprint density at radius 1 is 1.38 bits per heavy atom. The first-order valence-electron chi connectivity index (χ1n) is 5.73. The number of hydrogen-bond acceptors (Lipinski definition) is 4. The standard InChI is InChI=1S/C12H19N3O/c13-12(9-15-6-4-14-5-7-15)10-2-1-3-11(16)8-10/h1-3,8,12,14,16H,4-7,9,13H2. The van der Waals surface area contributed by atoms with Crippen molar-refractivity contribution >= 4 is 0 Å². The van der Waals surface area contributed by atoms with Gasteiger partial charge in [0.1, 0.15) is 5.75 Å². The van der Waals surface area contributed by atoms with Crippen LogP contribution in [0.1, 0.15) is 11.6 Å². The molecule has 0 amide bonds. The highest BCUT2D eigenvalue weighted by Gasteiger charge is 2.14. The number of phenols is 1. The SMILES string of the molecule is NC(CN1CCNCC1)c1cccc(O)c1. The molecule has 0 spiro atoms. The molecule has 1 aliphatic heterocycles. The number of nitrogens with zero attached hydrogens (tertiary/aromatic N) is 1. The number of benzene rings is 1. The van der Waals surface area contributed by atoms with Gasteiger partial charge in [0.2, 0.25) is 0 Å². The molecule has 16 heavy (non-hydrogen) atoms. The number of aromatic hydroxyl groups is 1.